The maximum absolute atomic E-state index is 5.86. The Hall–Kier alpha value is -2.03. The molecule has 1 aromatic heterocycles. The number of nitrogen functional groups attached to an aromatic ring is 1. The smallest absolute Gasteiger partial charge is 0.153 e. The van der Waals surface area contributed by atoms with Crippen molar-refractivity contribution in [1.82, 2.24) is 4.98 Å². The van der Waals surface area contributed by atoms with E-state index in [1.807, 2.05) is 50.2 Å². The Labute approximate surface area is 95.3 Å². The Morgan fingerprint density at radius 2 is 1.81 bits per heavy atom. The highest BCUT2D eigenvalue weighted by Crippen LogP contribution is 2.23. The van der Waals surface area contributed by atoms with Crippen molar-refractivity contribution < 1.29 is 0 Å². The summed E-state index contributed by atoms with van der Waals surface area (Å²) in [6.07, 6.45) is 0. The monoisotopic (exact) mass is 213 g/mol. The molecular formula is C13H15N3. The first kappa shape index (κ1) is 10.5. The number of hydrogen-bond donors (Lipinski definition) is 2. The molecule has 2 rings (SSSR count). The lowest BCUT2D eigenvalue weighted by atomic mass is 10.2. The molecule has 3 heteroatoms. The summed E-state index contributed by atoms with van der Waals surface area (Å²) in [5.74, 6) is 0.717. The van der Waals surface area contributed by atoms with Gasteiger partial charge in [-0.25, -0.2) is 4.98 Å². The molecule has 0 unspecified atom stereocenters. The maximum atomic E-state index is 5.86. The van der Waals surface area contributed by atoms with Gasteiger partial charge in [-0.05, 0) is 37.6 Å². The summed E-state index contributed by atoms with van der Waals surface area (Å²) >= 11 is 0. The first-order valence-electron chi connectivity index (χ1n) is 5.22. The van der Waals surface area contributed by atoms with Gasteiger partial charge in [0.1, 0.15) is 0 Å². The fourth-order valence-electron chi connectivity index (χ4n) is 1.51. The summed E-state index contributed by atoms with van der Waals surface area (Å²) in [4.78, 5) is 4.37. The average Bonchev–Trinajstić information content (AvgIpc) is 2.27. The van der Waals surface area contributed by atoms with E-state index in [1.54, 1.807) is 0 Å². The second kappa shape index (κ2) is 4.23. The lowest BCUT2D eigenvalue weighted by Crippen LogP contribution is -2.01. The highest BCUT2D eigenvalue weighted by Gasteiger charge is 2.03. The SMILES string of the molecule is Cc1ccc(N)c(Nc2ccccc2C)n1. The Kier molecular flexibility index (Phi) is 2.77. The number of hydrogen-bond acceptors (Lipinski definition) is 3. The molecule has 0 aliphatic carbocycles. The Morgan fingerprint density at radius 3 is 2.56 bits per heavy atom. The number of aryl methyl sites for hydroxylation is 2. The van der Waals surface area contributed by atoms with Gasteiger partial charge in [0, 0.05) is 11.4 Å². The molecule has 0 fully saturated rings. The summed E-state index contributed by atoms with van der Waals surface area (Å²) in [6.45, 7) is 4.00. The van der Waals surface area contributed by atoms with Crippen LogP contribution < -0.4 is 11.1 Å². The van der Waals surface area contributed by atoms with Crippen molar-refractivity contribution in [3.8, 4) is 0 Å². The quantitative estimate of drug-likeness (QED) is 0.806. The van der Waals surface area contributed by atoms with Crippen molar-refractivity contribution in [3.63, 3.8) is 0 Å². The summed E-state index contributed by atoms with van der Waals surface area (Å²) in [5, 5.41) is 3.25. The Bertz CT molecular complexity index is 506. The molecule has 0 saturated heterocycles. The lowest BCUT2D eigenvalue weighted by molar-refractivity contribution is 1.20. The third-order valence-corrected chi connectivity index (χ3v) is 2.46. The topological polar surface area (TPSA) is 50.9 Å². The highest BCUT2D eigenvalue weighted by atomic mass is 15.0. The van der Waals surface area contributed by atoms with E-state index in [0.29, 0.717) is 11.5 Å². The van der Waals surface area contributed by atoms with Crippen molar-refractivity contribution in [1.29, 1.82) is 0 Å². The molecule has 2 aromatic rings. The van der Waals surface area contributed by atoms with Crippen molar-refractivity contribution in [2.75, 3.05) is 11.1 Å². The third kappa shape index (κ3) is 2.14. The summed E-state index contributed by atoms with van der Waals surface area (Å²) in [6, 6.07) is 11.8. The van der Waals surface area contributed by atoms with E-state index >= 15 is 0 Å². The molecule has 82 valence electrons. The van der Waals surface area contributed by atoms with Crippen LogP contribution in [0.15, 0.2) is 36.4 Å². The number of para-hydroxylation sites is 1. The molecule has 0 saturated carbocycles. The van der Waals surface area contributed by atoms with Gasteiger partial charge < -0.3 is 11.1 Å². The molecule has 3 nitrogen and oxygen atoms in total. The van der Waals surface area contributed by atoms with E-state index in [4.69, 9.17) is 5.73 Å². The van der Waals surface area contributed by atoms with Crippen LogP contribution in [0.4, 0.5) is 17.2 Å². The third-order valence-electron chi connectivity index (χ3n) is 2.46. The Balaban J connectivity index is 2.34. The van der Waals surface area contributed by atoms with E-state index in [2.05, 4.69) is 10.3 Å². The van der Waals surface area contributed by atoms with E-state index in [1.165, 1.54) is 5.56 Å². The number of nitrogens with zero attached hydrogens (tertiary/aromatic N) is 1. The molecule has 1 aromatic carbocycles. The second-order valence-electron chi connectivity index (χ2n) is 3.83. The van der Waals surface area contributed by atoms with Crippen LogP contribution in [0.2, 0.25) is 0 Å². The van der Waals surface area contributed by atoms with E-state index < -0.39 is 0 Å². The van der Waals surface area contributed by atoms with E-state index in [-0.39, 0.29) is 0 Å². The molecule has 1 heterocycles. The van der Waals surface area contributed by atoms with Crippen molar-refractivity contribution in [2.24, 2.45) is 0 Å². The van der Waals surface area contributed by atoms with Gasteiger partial charge in [-0.1, -0.05) is 18.2 Å². The molecule has 0 atom stereocenters. The van der Waals surface area contributed by atoms with Crippen LogP contribution in [-0.4, -0.2) is 4.98 Å². The van der Waals surface area contributed by atoms with Crippen LogP contribution in [0, 0.1) is 13.8 Å². The number of anilines is 3. The van der Waals surface area contributed by atoms with Gasteiger partial charge in [-0.15, -0.1) is 0 Å². The van der Waals surface area contributed by atoms with Crippen LogP contribution in [0.25, 0.3) is 0 Å². The number of pyridine rings is 1. The van der Waals surface area contributed by atoms with Gasteiger partial charge in [0.15, 0.2) is 5.82 Å². The Morgan fingerprint density at radius 1 is 1.06 bits per heavy atom. The van der Waals surface area contributed by atoms with Crippen LogP contribution in [0.5, 0.6) is 0 Å². The minimum Gasteiger partial charge on any atom is -0.396 e. The summed E-state index contributed by atoms with van der Waals surface area (Å²) < 4.78 is 0. The van der Waals surface area contributed by atoms with Gasteiger partial charge in [0.25, 0.3) is 0 Å². The zero-order valence-electron chi connectivity index (χ0n) is 9.49. The van der Waals surface area contributed by atoms with E-state index in [0.717, 1.165) is 11.4 Å². The maximum Gasteiger partial charge on any atom is 0.153 e. The number of benzene rings is 1. The standard InChI is InChI=1S/C13H15N3/c1-9-5-3-4-6-12(9)16-13-11(14)8-7-10(2)15-13/h3-8H,14H2,1-2H3,(H,15,16). The minimum absolute atomic E-state index is 0.661. The van der Waals surface area contributed by atoms with Gasteiger partial charge in [0.05, 0.1) is 5.69 Å². The molecule has 0 radical (unpaired) electrons. The molecule has 0 amide bonds. The fraction of sp³-hybridized carbons (Fsp3) is 0.154. The van der Waals surface area contributed by atoms with Gasteiger partial charge in [-0.2, -0.15) is 0 Å². The molecular weight excluding hydrogens is 198 g/mol. The normalized spacial score (nSPS) is 10.1. The summed E-state index contributed by atoms with van der Waals surface area (Å²) in [5.41, 5.74) is 9.68. The predicted octanol–water partition coefficient (Wildman–Crippen LogP) is 3.02. The predicted molar refractivity (Wildman–Crippen MR) is 67.8 cm³/mol. The lowest BCUT2D eigenvalue weighted by Gasteiger charge is -2.11. The van der Waals surface area contributed by atoms with Crippen molar-refractivity contribution in [3.05, 3.63) is 47.7 Å². The van der Waals surface area contributed by atoms with Gasteiger partial charge in [0.2, 0.25) is 0 Å². The highest BCUT2D eigenvalue weighted by molar-refractivity contribution is 5.70. The van der Waals surface area contributed by atoms with Gasteiger partial charge in [-0.3, -0.25) is 0 Å². The minimum atomic E-state index is 0.661. The fourth-order valence-corrected chi connectivity index (χ4v) is 1.51. The number of nitrogens with two attached hydrogens (primary N) is 1. The molecule has 0 aliphatic heterocycles. The van der Waals surface area contributed by atoms with Crippen molar-refractivity contribution in [2.45, 2.75) is 13.8 Å². The first-order valence-corrected chi connectivity index (χ1v) is 5.22. The zero-order chi connectivity index (χ0) is 11.5. The molecule has 16 heavy (non-hydrogen) atoms. The van der Waals surface area contributed by atoms with Crippen LogP contribution >= 0.6 is 0 Å². The second-order valence-corrected chi connectivity index (χ2v) is 3.83. The van der Waals surface area contributed by atoms with E-state index in [9.17, 15) is 0 Å². The summed E-state index contributed by atoms with van der Waals surface area (Å²) in [7, 11) is 0. The molecule has 0 bridgehead atoms. The van der Waals surface area contributed by atoms with Gasteiger partial charge >= 0.3 is 0 Å². The molecule has 0 spiro atoms. The number of aromatic nitrogens is 1. The van der Waals surface area contributed by atoms with Crippen LogP contribution in [-0.2, 0) is 0 Å². The van der Waals surface area contributed by atoms with Crippen LogP contribution in [0.1, 0.15) is 11.3 Å². The first-order chi connectivity index (χ1) is 7.66. The zero-order valence-corrected chi connectivity index (χ0v) is 9.49. The number of rotatable bonds is 2. The molecule has 0 aliphatic rings. The van der Waals surface area contributed by atoms with Crippen molar-refractivity contribution >= 4 is 17.2 Å². The average molecular weight is 213 g/mol. The van der Waals surface area contributed by atoms with Crippen LogP contribution in [0.3, 0.4) is 0 Å². The largest absolute Gasteiger partial charge is 0.396 e. The number of nitrogens with one attached hydrogen (secondary N) is 1. The molecule has 3 N–H and O–H groups in total.